The van der Waals surface area contributed by atoms with Crippen LogP contribution in [-0.4, -0.2) is 26.7 Å². The summed E-state index contributed by atoms with van der Waals surface area (Å²) in [6.45, 7) is 5.42. The van der Waals surface area contributed by atoms with Crippen molar-refractivity contribution in [1.29, 1.82) is 0 Å². The van der Waals surface area contributed by atoms with Crippen molar-refractivity contribution in [2.45, 2.75) is 38.5 Å². The van der Waals surface area contributed by atoms with Gasteiger partial charge in [0.1, 0.15) is 5.82 Å². The third-order valence-electron chi connectivity index (χ3n) is 3.93. The minimum absolute atomic E-state index is 0.0925. The molecule has 1 aromatic rings. The molecule has 0 heterocycles. The molecular formula is C14H22FNO3S. The van der Waals surface area contributed by atoms with Crippen LogP contribution in [0.1, 0.15) is 32.3 Å². The van der Waals surface area contributed by atoms with Gasteiger partial charge in [0.05, 0.1) is 4.90 Å². The molecule has 0 unspecified atom stereocenters. The standard InChI is InChI=1S/C14H22FNO3S/c1-4-14(5-2,10-17)9-16-20(18,19)12-7-6-11(3)13(15)8-12/h6-8,16-17H,4-5,9-10H2,1-3H3. The second-order valence-electron chi connectivity index (χ2n) is 5.10. The molecule has 1 aromatic carbocycles. The Bertz CT molecular complexity index is 545. The summed E-state index contributed by atoms with van der Waals surface area (Å²) < 4.78 is 40.2. The summed E-state index contributed by atoms with van der Waals surface area (Å²) in [5.74, 6) is -0.549. The minimum atomic E-state index is -3.76. The first-order valence-electron chi connectivity index (χ1n) is 6.67. The van der Waals surface area contributed by atoms with E-state index in [9.17, 15) is 17.9 Å². The fraction of sp³-hybridized carbons (Fsp3) is 0.571. The molecule has 0 aliphatic heterocycles. The largest absolute Gasteiger partial charge is 0.396 e. The molecule has 0 aromatic heterocycles. The van der Waals surface area contributed by atoms with Crippen LogP contribution in [0.15, 0.2) is 23.1 Å². The number of aliphatic hydroxyl groups is 1. The first-order chi connectivity index (χ1) is 9.30. The highest BCUT2D eigenvalue weighted by Gasteiger charge is 2.28. The van der Waals surface area contributed by atoms with Crippen molar-refractivity contribution in [1.82, 2.24) is 4.72 Å². The van der Waals surface area contributed by atoms with E-state index in [1.807, 2.05) is 13.8 Å². The summed E-state index contributed by atoms with van der Waals surface area (Å²) in [6, 6.07) is 3.82. The van der Waals surface area contributed by atoms with Gasteiger partial charge >= 0.3 is 0 Å². The van der Waals surface area contributed by atoms with Gasteiger partial charge in [-0.3, -0.25) is 0 Å². The lowest BCUT2D eigenvalue weighted by atomic mass is 9.84. The molecule has 0 aliphatic carbocycles. The van der Waals surface area contributed by atoms with Crippen LogP contribution in [0.25, 0.3) is 0 Å². The van der Waals surface area contributed by atoms with Crippen LogP contribution in [0.4, 0.5) is 4.39 Å². The first-order valence-corrected chi connectivity index (χ1v) is 8.15. The smallest absolute Gasteiger partial charge is 0.240 e. The summed E-state index contributed by atoms with van der Waals surface area (Å²) in [5, 5.41) is 9.43. The van der Waals surface area contributed by atoms with E-state index in [-0.39, 0.29) is 18.0 Å². The predicted octanol–water partition coefficient (Wildman–Crippen LogP) is 2.21. The third kappa shape index (κ3) is 3.77. The van der Waals surface area contributed by atoms with E-state index in [1.54, 1.807) is 6.92 Å². The molecule has 0 fully saturated rings. The maximum Gasteiger partial charge on any atom is 0.240 e. The van der Waals surface area contributed by atoms with Gasteiger partial charge in [0.2, 0.25) is 10.0 Å². The summed E-state index contributed by atoms with van der Waals surface area (Å²) in [5.41, 5.74) is -0.0770. The number of hydrogen-bond acceptors (Lipinski definition) is 3. The van der Waals surface area contributed by atoms with E-state index in [2.05, 4.69) is 4.72 Å². The summed E-state index contributed by atoms with van der Waals surface area (Å²) in [6.07, 6.45) is 1.32. The molecule has 0 amide bonds. The molecule has 0 radical (unpaired) electrons. The number of nitrogens with one attached hydrogen (secondary N) is 1. The molecule has 1 rings (SSSR count). The quantitative estimate of drug-likeness (QED) is 0.811. The summed E-state index contributed by atoms with van der Waals surface area (Å²) in [4.78, 5) is -0.0976. The second-order valence-corrected chi connectivity index (χ2v) is 6.87. The van der Waals surface area contributed by atoms with Gasteiger partial charge < -0.3 is 5.11 Å². The van der Waals surface area contributed by atoms with E-state index in [0.717, 1.165) is 6.07 Å². The topological polar surface area (TPSA) is 66.4 Å². The number of aryl methyl sites for hydroxylation is 1. The Labute approximate surface area is 120 Å². The monoisotopic (exact) mass is 303 g/mol. The highest BCUT2D eigenvalue weighted by Crippen LogP contribution is 2.25. The van der Waals surface area contributed by atoms with Gasteiger partial charge in [-0.15, -0.1) is 0 Å². The molecular weight excluding hydrogens is 281 g/mol. The number of rotatable bonds is 7. The van der Waals surface area contributed by atoms with E-state index in [1.165, 1.54) is 12.1 Å². The van der Waals surface area contributed by atoms with Crippen molar-refractivity contribution >= 4 is 10.0 Å². The lowest BCUT2D eigenvalue weighted by molar-refractivity contribution is 0.119. The van der Waals surface area contributed by atoms with E-state index >= 15 is 0 Å². The molecule has 6 heteroatoms. The molecule has 0 atom stereocenters. The fourth-order valence-corrected chi connectivity index (χ4v) is 3.02. The molecule has 114 valence electrons. The fourth-order valence-electron chi connectivity index (χ4n) is 1.85. The van der Waals surface area contributed by atoms with Gasteiger partial charge in [0.25, 0.3) is 0 Å². The molecule has 4 nitrogen and oxygen atoms in total. The van der Waals surface area contributed by atoms with Crippen LogP contribution in [-0.2, 0) is 10.0 Å². The zero-order valence-electron chi connectivity index (χ0n) is 12.1. The molecule has 0 aliphatic rings. The Morgan fingerprint density at radius 3 is 2.35 bits per heavy atom. The number of benzene rings is 1. The SMILES string of the molecule is CCC(CC)(CO)CNS(=O)(=O)c1ccc(C)c(F)c1. The maximum absolute atomic E-state index is 13.5. The zero-order valence-corrected chi connectivity index (χ0v) is 12.9. The maximum atomic E-state index is 13.5. The molecule has 0 saturated heterocycles. The Morgan fingerprint density at radius 1 is 1.30 bits per heavy atom. The van der Waals surface area contributed by atoms with E-state index in [4.69, 9.17) is 0 Å². The van der Waals surface area contributed by atoms with Crippen molar-refractivity contribution in [3.05, 3.63) is 29.6 Å². The number of sulfonamides is 1. The highest BCUT2D eigenvalue weighted by molar-refractivity contribution is 7.89. The third-order valence-corrected chi connectivity index (χ3v) is 5.33. The van der Waals surface area contributed by atoms with Gasteiger partial charge in [-0.2, -0.15) is 0 Å². The van der Waals surface area contributed by atoms with Crippen LogP contribution < -0.4 is 4.72 Å². The van der Waals surface area contributed by atoms with Crippen LogP contribution in [0.3, 0.4) is 0 Å². The van der Waals surface area contributed by atoms with E-state index in [0.29, 0.717) is 18.4 Å². The van der Waals surface area contributed by atoms with Gasteiger partial charge in [0.15, 0.2) is 0 Å². The molecule has 2 N–H and O–H groups in total. The molecule has 0 saturated carbocycles. The van der Waals surface area contributed by atoms with Crippen molar-refractivity contribution in [3.8, 4) is 0 Å². The Hall–Kier alpha value is -0.980. The van der Waals surface area contributed by atoms with Crippen molar-refractivity contribution < 1.29 is 17.9 Å². The van der Waals surface area contributed by atoms with Gasteiger partial charge in [-0.05, 0) is 37.5 Å². The predicted molar refractivity (Wildman–Crippen MR) is 76.4 cm³/mol. The Balaban J connectivity index is 2.92. The minimum Gasteiger partial charge on any atom is -0.396 e. The van der Waals surface area contributed by atoms with Crippen LogP contribution >= 0.6 is 0 Å². The Kier molecular flexibility index (Phi) is 5.68. The number of halogens is 1. The average molecular weight is 303 g/mol. The Morgan fingerprint density at radius 2 is 1.90 bits per heavy atom. The summed E-state index contributed by atoms with van der Waals surface area (Å²) in [7, 11) is -3.76. The number of aliphatic hydroxyl groups excluding tert-OH is 1. The first kappa shape index (κ1) is 17.1. The molecule has 0 bridgehead atoms. The van der Waals surface area contributed by atoms with Crippen LogP contribution in [0.5, 0.6) is 0 Å². The molecule has 20 heavy (non-hydrogen) atoms. The van der Waals surface area contributed by atoms with Crippen LogP contribution in [0, 0.1) is 18.2 Å². The summed E-state index contributed by atoms with van der Waals surface area (Å²) >= 11 is 0. The number of hydrogen-bond donors (Lipinski definition) is 2. The van der Waals surface area contributed by atoms with E-state index < -0.39 is 21.3 Å². The van der Waals surface area contributed by atoms with Crippen LogP contribution in [0.2, 0.25) is 0 Å². The van der Waals surface area contributed by atoms with Gasteiger partial charge in [0, 0.05) is 18.6 Å². The normalized spacial score (nSPS) is 12.7. The zero-order chi connectivity index (χ0) is 15.4. The van der Waals surface area contributed by atoms with Crippen molar-refractivity contribution in [2.24, 2.45) is 5.41 Å². The van der Waals surface area contributed by atoms with Crippen molar-refractivity contribution in [2.75, 3.05) is 13.2 Å². The van der Waals surface area contributed by atoms with Gasteiger partial charge in [-0.25, -0.2) is 17.5 Å². The second kappa shape index (κ2) is 6.65. The molecule has 0 spiro atoms. The lowest BCUT2D eigenvalue weighted by Crippen LogP contribution is -2.39. The average Bonchev–Trinajstić information content (AvgIpc) is 2.44. The lowest BCUT2D eigenvalue weighted by Gasteiger charge is -2.29. The van der Waals surface area contributed by atoms with Gasteiger partial charge in [-0.1, -0.05) is 19.9 Å². The van der Waals surface area contributed by atoms with Crippen molar-refractivity contribution in [3.63, 3.8) is 0 Å². The highest BCUT2D eigenvalue weighted by atomic mass is 32.2.